The molecule has 2 aromatic rings. The van der Waals surface area contributed by atoms with Crippen molar-refractivity contribution < 1.29 is 37.3 Å². The van der Waals surface area contributed by atoms with E-state index in [0.29, 0.717) is 18.4 Å². The number of aromatic carboxylic acids is 1. The summed E-state index contributed by atoms with van der Waals surface area (Å²) in [5.74, 6) is -1.67. The molecule has 2 aliphatic rings. The number of benzene rings is 2. The van der Waals surface area contributed by atoms with Crippen molar-refractivity contribution >= 4 is 15.8 Å². The SMILES string of the molecule is CC1(CO)Cc2c(Oc3ccc(S(=O)(=O)C4CC4)c(F)c3)cc(C(=O)O)cc2O1. The van der Waals surface area contributed by atoms with Crippen LogP contribution in [-0.2, 0) is 16.3 Å². The van der Waals surface area contributed by atoms with Crippen LogP contribution in [0.2, 0.25) is 0 Å². The zero-order valence-corrected chi connectivity index (χ0v) is 16.3. The van der Waals surface area contributed by atoms with Crippen LogP contribution in [0.1, 0.15) is 35.7 Å². The number of hydrogen-bond donors (Lipinski definition) is 2. The normalized spacial score (nSPS) is 20.8. The molecule has 1 aliphatic heterocycles. The highest BCUT2D eigenvalue weighted by Gasteiger charge is 2.39. The van der Waals surface area contributed by atoms with Crippen LogP contribution in [0.5, 0.6) is 17.2 Å². The van der Waals surface area contributed by atoms with Gasteiger partial charge in [-0.3, -0.25) is 0 Å². The standard InChI is InChI=1S/C20H19FO7S/c1-20(10-22)9-14-16(6-11(19(23)24)7-17(14)28-20)27-12-2-5-18(15(21)8-12)29(25,26)13-3-4-13/h2,5-8,13,22H,3-4,9-10H2,1H3,(H,23,24). The molecule has 1 unspecified atom stereocenters. The maximum Gasteiger partial charge on any atom is 0.335 e. The Bertz CT molecular complexity index is 1110. The van der Waals surface area contributed by atoms with Gasteiger partial charge < -0.3 is 19.7 Å². The number of sulfone groups is 1. The number of halogens is 1. The molecule has 29 heavy (non-hydrogen) atoms. The van der Waals surface area contributed by atoms with Crippen molar-refractivity contribution in [3.63, 3.8) is 0 Å². The Morgan fingerprint density at radius 3 is 2.62 bits per heavy atom. The lowest BCUT2D eigenvalue weighted by atomic mass is 9.98. The number of aliphatic hydroxyl groups is 1. The van der Waals surface area contributed by atoms with Gasteiger partial charge in [-0.2, -0.15) is 0 Å². The average Bonchev–Trinajstić information content (AvgIpc) is 3.45. The van der Waals surface area contributed by atoms with Gasteiger partial charge >= 0.3 is 5.97 Å². The van der Waals surface area contributed by atoms with Gasteiger partial charge in [0.15, 0.2) is 9.84 Å². The number of rotatable bonds is 6. The second kappa shape index (κ2) is 6.70. The molecule has 0 amide bonds. The predicted octanol–water partition coefficient (Wildman–Crippen LogP) is 2.94. The molecule has 1 fully saturated rings. The van der Waals surface area contributed by atoms with E-state index >= 15 is 0 Å². The molecule has 0 aromatic heterocycles. The van der Waals surface area contributed by atoms with Crippen molar-refractivity contribution in [2.75, 3.05) is 6.61 Å². The minimum absolute atomic E-state index is 0.0274. The van der Waals surface area contributed by atoms with Gasteiger partial charge in [0.2, 0.25) is 0 Å². The first kappa shape index (κ1) is 19.7. The van der Waals surface area contributed by atoms with E-state index in [4.69, 9.17) is 9.47 Å². The molecule has 1 atom stereocenters. The molecule has 1 heterocycles. The molecule has 0 saturated heterocycles. The minimum Gasteiger partial charge on any atom is -0.484 e. The van der Waals surface area contributed by atoms with Crippen LogP contribution in [0.15, 0.2) is 35.2 Å². The summed E-state index contributed by atoms with van der Waals surface area (Å²) in [6.45, 7) is 1.39. The fourth-order valence-corrected chi connectivity index (χ4v) is 5.03. The Balaban J connectivity index is 1.70. The number of carbonyl (C=O) groups is 1. The van der Waals surface area contributed by atoms with Gasteiger partial charge in [0.1, 0.15) is 33.6 Å². The van der Waals surface area contributed by atoms with Gasteiger partial charge in [0.05, 0.1) is 17.4 Å². The van der Waals surface area contributed by atoms with E-state index < -0.39 is 32.5 Å². The summed E-state index contributed by atoms with van der Waals surface area (Å²) in [5.41, 5.74) is -0.471. The highest BCUT2D eigenvalue weighted by atomic mass is 32.2. The second-order valence-electron chi connectivity index (χ2n) is 7.58. The summed E-state index contributed by atoms with van der Waals surface area (Å²) in [4.78, 5) is 11.1. The van der Waals surface area contributed by atoms with Crippen LogP contribution in [0, 0.1) is 5.82 Å². The van der Waals surface area contributed by atoms with Crippen LogP contribution in [0.25, 0.3) is 0 Å². The number of fused-ring (bicyclic) bond motifs is 1. The molecule has 1 saturated carbocycles. The Morgan fingerprint density at radius 1 is 1.31 bits per heavy atom. The van der Waals surface area contributed by atoms with Gasteiger partial charge in [-0.05, 0) is 44.0 Å². The molecular weight excluding hydrogens is 403 g/mol. The van der Waals surface area contributed by atoms with Crippen LogP contribution in [-0.4, -0.2) is 42.1 Å². The van der Waals surface area contributed by atoms with Crippen molar-refractivity contribution in [1.82, 2.24) is 0 Å². The molecular formula is C20H19FO7S. The maximum absolute atomic E-state index is 14.5. The van der Waals surface area contributed by atoms with Crippen molar-refractivity contribution in [2.45, 2.75) is 41.9 Å². The van der Waals surface area contributed by atoms with Gasteiger partial charge in [-0.1, -0.05) is 0 Å². The third-order valence-corrected chi connectivity index (χ3v) is 7.35. The molecule has 9 heteroatoms. The first-order valence-corrected chi connectivity index (χ1v) is 10.6. The van der Waals surface area contributed by atoms with E-state index in [1.165, 1.54) is 18.2 Å². The lowest BCUT2D eigenvalue weighted by Gasteiger charge is -2.20. The molecule has 0 spiro atoms. The molecule has 2 aromatic carbocycles. The van der Waals surface area contributed by atoms with Crippen LogP contribution in [0.3, 0.4) is 0 Å². The van der Waals surface area contributed by atoms with Crippen molar-refractivity contribution in [3.8, 4) is 17.2 Å². The average molecular weight is 422 g/mol. The molecule has 154 valence electrons. The predicted molar refractivity (Wildman–Crippen MR) is 99.9 cm³/mol. The molecule has 7 nitrogen and oxygen atoms in total. The third-order valence-electron chi connectivity index (χ3n) is 5.06. The molecule has 0 bridgehead atoms. The monoisotopic (exact) mass is 422 g/mol. The number of carboxylic acid groups (broad SMARTS) is 1. The third kappa shape index (κ3) is 3.56. The van der Waals surface area contributed by atoms with Crippen molar-refractivity contribution in [3.05, 3.63) is 47.3 Å². The van der Waals surface area contributed by atoms with E-state index in [2.05, 4.69) is 0 Å². The van der Waals surface area contributed by atoms with E-state index in [1.807, 2.05) is 0 Å². The highest BCUT2D eigenvalue weighted by Crippen LogP contribution is 2.43. The summed E-state index contributed by atoms with van der Waals surface area (Å²) in [6, 6.07) is 6.10. The fourth-order valence-electron chi connectivity index (χ4n) is 3.32. The summed E-state index contributed by atoms with van der Waals surface area (Å²) < 4.78 is 50.4. The number of carboxylic acids is 1. The molecule has 2 N–H and O–H groups in total. The summed E-state index contributed by atoms with van der Waals surface area (Å²) in [6.07, 6.45) is 1.32. The van der Waals surface area contributed by atoms with Crippen LogP contribution in [0.4, 0.5) is 4.39 Å². The first-order chi connectivity index (χ1) is 13.6. The summed E-state index contributed by atoms with van der Waals surface area (Å²) >= 11 is 0. The Hall–Kier alpha value is -2.65. The summed E-state index contributed by atoms with van der Waals surface area (Å²) in [7, 11) is -3.69. The van der Waals surface area contributed by atoms with Crippen LogP contribution >= 0.6 is 0 Å². The van der Waals surface area contributed by atoms with Gasteiger partial charge in [-0.15, -0.1) is 0 Å². The number of aliphatic hydroxyl groups excluding tert-OH is 1. The lowest BCUT2D eigenvalue weighted by molar-refractivity contribution is 0.0444. The minimum atomic E-state index is -3.69. The smallest absolute Gasteiger partial charge is 0.335 e. The van der Waals surface area contributed by atoms with Gasteiger partial charge in [0.25, 0.3) is 0 Å². The lowest BCUT2D eigenvalue weighted by Crippen LogP contribution is -2.34. The van der Waals surface area contributed by atoms with E-state index in [9.17, 15) is 27.8 Å². The van der Waals surface area contributed by atoms with E-state index in [-0.39, 0.29) is 40.7 Å². The number of hydrogen-bond acceptors (Lipinski definition) is 6. The zero-order valence-electron chi connectivity index (χ0n) is 15.5. The van der Waals surface area contributed by atoms with Crippen molar-refractivity contribution in [2.24, 2.45) is 0 Å². The quantitative estimate of drug-likeness (QED) is 0.736. The Morgan fingerprint density at radius 2 is 2.03 bits per heavy atom. The number of ether oxygens (including phenoxy) is 2. The topological polar surface area (TPSA) is 110 Å². The molecule has 0 radical (unpaired) electrons. The first-order valence-electron chi connectivity index (χ1n) is 9.04. The van der Waals surface area contributed by atoms with E-state index in [0.717, 1.165) is 12.1 Å². The summed E-state index contributed by atoms with van der Waals surface area (Å²) in [5, 5.41) is 18.4. The molecule has 1 aliphatic carbocycles. The Labute approximate surface area is 166 Å². The Kier molecular flexibility index (Phi) is 4.54. The largest absolute Gasteiger partial charge is 0.484 e. The highest BCUT2D eigenvalue weighted by molar-refractivity contribution is 7.92. The van der Waals surface area contributed by atoms with E-state index in [1.54, 1.807) is 6.92 Å². The van der Waals surface area contributed by atoms with Gasteiger partial charge in [-0.25, -0.2) is 17.6 Å². The van der Waals surface area contributed by atoms with Gasteiger partial charge in [0, 0.05) is 18.1 Å². The van der Waals surface area contributed by atoms with Crippen molar-refractivity contribution in [1.29, 1.82) is 0 Å². The fraction of sp³-hybridized carbons (Fsp3) is 0.350. The molecule has 4 rings (SSSR count). The zero-order chi connectivity index (χ0) is 21.0. The van der Waals surface area contributed by atoms with Crippen LogP contribution < -0.4 is 9.47 Å². The maximum atomic E-state index is 14.5. The second-order valence-corrected chi connectivity index (χ2v) is 9.78.